The van der Waals surface area contributed by atoms with Gasteiger partial charge >= 0.3 is 5.97 Å². The van der Waals surface area contributed by atoms with E-state index < -0.39 is 17.5 Å². The number of rotatable bonds is 12. The number of carboxylic acid groups (broad SMARTS) is 1. The fourth-order valence-electron chi connectivity index (χ4n) is 3.31. The smallest absolute Gasteiger partial charge is 0.303 e. The average molecular weight is 423 g/mol. The summed E-state index contributed by atoms with van der Waals surface area (Å²) in [5.41, 5.74) is -0.649. The van der Waals surface area contributed by atoms with Crippen LogP contribution < -0.4 is 0 Å². The van der Waals surface area contributed by atoms with Crippen molar-refractivity contribution in [2.45, 2.75) is 116 Å². The van der Waals surface area contributed by atoms with Gasteiger partial charge in [-0.3, -0.25) is 4.79 Å². The summed E-state index contributed by atoms with van der Waals surface area (Å²) in [6.45, 7) is 9.21. The van der Waals surface area contributed by atoms with Crippen LogP contribution in [0.25, 0.3) is 0 Å². The number of allylic oxidation sites excluding steroid dienone is 1. The fourth-order valence-corrected chi connectivity index (χ4v) is 3.31. The Labute approximate surface area is 176 Å². The van der Waals surface area contributed by atoms with Crippen LogP contribution in [0.5, 0.6) is 0 Å². The van der Waals surface area contributed by atoms with E-state index in [1.807, 2.05) is 6.92 Å². The van der Waals surface area contributed by atoms with Crippen molar-refractivity contribution in [3.63, 3.8) is 0 Å². The van der Waals surface area contributed by atoms with E-state index in [0.29, 0.717) is 25.2 Å². The number of aliphatic hydroxyl groups excluding tert-OH is 1. The molecule has 0 bridgehead atoms. The van der Waals surface area contributed by atoms with Crippen LogP contribution in [-0.2, 0) is 4.79 Å². The Morgan fingerprint density at radius 2 is 1.69 bits per heavy atom. The van der Waals surface area contributed by atoms with Crippen molar-refractivity contribution in [2.75, 3.05) is 7.11 Å². The molecule has 0 radical (unpaired) electrons. The molecule has 1 rings (SSSR count). The number of hydrogen-bond acceptors (Lipinski definition) is 3. The lowest BCUT2D eigenvalue weighted by molar-refractivity contribution is -0.180. The molecule has 0 aromatic rings. The Kier molecular flexibility index (Phi) is 17.4. The topological polar surface area (TPSA) is 77.8 Å². The first kappa shape index (κ1) is 30.2. The zero-order valence-corrected chi connectivity index (χ0v) is 19.0. The number of alkyl halides is 2. The molecule has 3 N–H and O–H groups in total. The van der Waals surface area contributed by atoms with Crippen LogP contribution in [0.15, 0.2) is 12.2 Å². The molecule has 1 aliphatic rings. The van der Waals surface area contributed by atoms with Crippen molar-refractivity contribution in [1.82, 2.24) is 0 Å². The van der Waals surface area contributed by atoms with E-state index >= 15 is 0 Å². The maximum atomic E-state index is 13.9. The molecule has 1 saturated carbocycles. The number of aliphatic carboxylic acids is 1. The summed E-state index contributed by atoms with van der Waals surface area (Å²) in [6.07, 6.45) is 9.38. The highest BCUT2D eigenvalue weighted by Gasteiger charge is 2.47. The van der Waals surface area contributed by atoms with E-state index in [9.17, 15) is 18.7 Å². The summed E-state index contributed by atoms with van der Waals surface area (Å²) in [7, 11) is 1.00. The minimum Gasteiger partial charge on any atom is -0.481 e. The summed E-state index contributed by atoms with van der Waals surface area (Å²) in [6, 6.07) is 0. The zero-order valence-electron chi connectivity index (χ0n) is 19.0. The van der Waals surface area contributed by atoms with Crippen molar-refractivity contribution >= 4 is 5.97 Å². The van der Waals surface area contributed by atoms with Gasteiger partial charge in [-0.25, -0.2) is 8.78 Å². The maximum absolute atomic E-state index is 13.9. The van der Waals surface area contributed by atoms with E-state index in [-0.39, 0.29) is 12.8 Å². The van der Waals surface area contributed by atoms with E-state index in [0.717, 1.165) is 52.1 Å². The van der Waals surface area contributed by atoms with Crippen LogP contribution in [0.2, 0.25) is 0 Å². The second kappa shape index (κ2) is 16.8. The van der Waals surface area contributed by atoms with Gasteiger partial charge in [0.25, 0.3) is 5.92 Å². The summed E-state index contributed by atoms with van der Waals surface area (Å²) >= 11 is 0. The van der Waals surface area contributed by atoms with E-state index in [4.69, 9.17) is 10.2 Å². The minimum atomic E-state index is -2.97. The molecule has 174 valence electrons. The number of unbranched alkanes of at least 4 members (excludes halogenated alkanes) is 4. The number of halogens is 2. The lowest BCUT2D eigenvalue weighted by atomic mass is 9.86. The average Bonchev–Trinajstić information content (AvgIpc) is 3.09. The maximum Gasteiger partial charge on any atom is 0.303 e. The van der Waals surface area contributed by atoms with Crippen molar-refractivity contribution in [3.8, 4) is 0 Å². The van der Waals surface area contributed by atoms with Crippen LogP contribution >= 0.6 is 0 Å². The monoisotopic (exact) mass is 422 g/mol. The third-order valence-electron chi connectivity index (χ3n) is 5.40. The number of carboxylic acids is 1. The highest BCUT2D eigenvalue weighted by molar-refractivity contribution is 5.66. The van der Waals surface area contributed by atoms with Crippen LogP contribution in [0.3, 0.4) is 0 Å². The Morgan fingerprint density at radius 3 is 2.14 bits per heavy atom. The summed E-state index contributed by atoms with van der Waals surface area (Å²) in [5, 5.41) is 25.2. The third kappa shape index (κ3) is 14.6. The van der Waals surface area contributed by atoms with Gasteiger partial charge in [-0.05, 0) is 57.8 Å². The second-order valence-electron chi connectivity index (χ2n) is 8.18. The molecule has 0 aromatic carbocycles. The number of carbonyl (C=O) groups is 1. The first-order valence-corrected chi connectivity index (χ1v) is 11.0. The molecule has 0 aliphatic heterocycles. The highest BCUT2D eigenvalue weighted by Crippen LogP contribution is 2.40. The molecule has 29 heavy (non-hydrogen) atoms. The summed E-state index contributed by atoms with van der Waals surface area (Å²) < 4.78 is 27.7. The van der Waals surface area contributed by atoms with Crippen LogP contribution in [0.1, 0.15) is 104 Å². The summed E-state index contributed by atoms with van der Waals surface area (Å²) in [4.78, 5) is 9.96. The van der Waals surface area contributed by atoms with Crippen molar-refractivity contribution in [3.05, 3.63) is 12.2 Å². The molecule has 2 atom stereocenters. The molecule has 0 aromatic heterocycles. The lowest BCUT2D eigenvalue weighted by Crippen LogP contribution is -2.45. The summed E-state index contributed by atoms with van der Waals surface area (Å²) in [5.74, 6) is -3.21. The van der Waals surface area contributed by atoms with Gasteiger partial charge in [-0.15, -0.1) is 0 Å². The van der Waals surface area contributed by atoms with E-state index in [1.54, 1.807) is 0 Å². The standard InChI is InChI=1S/C15H26F2O.C7H14O2.CH4O/c1-4-5-9-15(16,17)14(3,18)10-8-13-7-6-12(2)11-13;1-2-3-4-5-6-7(8)9;1-2/h13,18H,2,4-11H2,1,3H3;2-6H2,1H3,(H,8,9);2H,1H3/t13-,14?;;/m1../s1. The van der Waals surface area contributed by atoms with E-state index in [1.165, 1.54) is 18.9 Å². The van der Waals surface area contributed by atoms with E-state index in [2.05, 4.69) is 13.5 Å². The third-order valence-corrected chi connectivity index (χ3v) is 5.40. The Morgan fingerprint density at radius 1 is 1.10 bits per heavy atom. The zero-order chi connectivity index (χ0) is 22.9. The van der Waals surface area contributed by atoms with Crippen LogP contribution in [-0.4, -0.2) is 39.9 Å². The second-order valence-corrected chi connectivity index (χ2v) is 8.18. The Balaban J connectivity index is 0. The van der Waals surface area contributed by atoms with Gasteiger partial charge in [-0.1, -0.05) is 51.7 Å². The van der Waals surface area contributed by atoms with Crippen LogP contribution in [0.4, 0.5) is 8.78 Å². The largest absolute Gasteiger partial charge is 0.481 e. The fraction of sp³-hybridized carbons (Fsp3) is 0.870. The Bertz CT molecular complexity index is 437. The SMILES string of the molecule is C=C1CC[C@H](CCC(C)(O)C(F)(F)CCCC)C1.CCCCCCC(=O)O.CO. The first-order valence-electron chi connectivity index (χ1n) is 11.0. The quantitative estimate of drug-likeness (QED) is 0.253. The number of aliphatic hydroxyl groups is 2. The van der Waals surface area contributed by atoms with Gasteiger partial charge in [0.1, 0.15) is 5.60 Å². The van der Waals surface area contributed by atoms with Crippen molar-refractivity contribution in [1.29, 1.82) is 0 Å². The molecular formula is C23H44F2O4. The van der Waals surface area contributed by atoms with Gasteiger partial charge in [0.2, 0.25) is 0 Å². The van der Waals surface area contributed by atoms with Gasteiger partial charge in [0, 0.05) is 20.0 Å². The molecule has 0 heterocycles. The predicted octanol–water partition coefficient (Wildman–Crippen LogP) is 6.35. The van der Waals surface area contributed by atoms with Crippen molar-refractivity contribution < 1.29 is 28.9 Å². The Hall–Kier alpha value is -1.01. The normalized spacial score (nSPS) is 18.2. The highest BCUT2D eigenvalue weighted by atomic mass is 19.3. The molecule has 1 aliphatic carbocycles. The molecule has 6 heteroatoms. The predicted molar refractivity (Wildman–Crippen MR) is 115 cm³/mol. The van der Waals surface area contributed by atoms with Gasteiger partial charge < -0.3 is 15.3 Å². The van der Waals surface area contributed by atoms with Gasteiger partial charge in [-0.2, -0.15) is 0 Å². The lowest BCUT2D eigenvalue weighted by Gasteiger charge is -2.33. The first-order chi connectivity index (χ1) is 13.6. The molecule has 1 unspecified atom stereocenters. The molecule has 0 amide bonds. The molecule has 1 fully saturated rings. The molecule has 0 saturated heterocycles. The van der Waals surface area contributed by atoms with Gasteiger partial charge in [0.05, 0.1) is 0 Å². The number of hydrogen-bond donors (Lipinski definition) is 3. The van der Waals surface area contributed by atoms with Gasteiger partial charge in [0.15, 0.2) is 0 Å². The molecular weight excluding hydrogens is 378 g/mol. The van der Waals surface area contributed by atoms with Crippen molar-refractivity contribution in [2.24, 2.45) is 5.92 Å². The molecule has 0 spiro atoms. The van der Waals surface area contributed by atoms with Crippen LogP contribution in [0, 0.1) is 5.92 Å². The minimum absolute atomic E-state index is 0.182. The molecule has 4 nitrogen and oxygen atoms in total.